The molecule has 10 heteroatoms. The lowest BCUT2D eigenvalue weighted by Crippen LogP contribution is -2.60. The standard InChI is InChI=1S/C35H42F2N6OS/c1-6-31(44)42-22(3)17-41(18-23(42)4)35-29-15-21(2)32(28-10-7-25(36)16-30(28)37)34-33(29)43(24(5)38-35)27(20-45-34)19-39-11-13-40(14-12-39)26-8-9-26/h6-7,10,15-16,22-23,26-27H,1,5,8-9,11-14,17-20H2,2-4H3/t22-,23+,27-/m0/s1. The molecule has 1 saturated carbocycles. The van der Waals surface area contributed by atoms with Crippen LogP contribution in [0.5, 0.6) is 0 Å². The Kier molecular flexibility index (Phi) is 8.02. The molecule has 5 aliphatic rings. The van der Waals surface area contributed by atoms with Crippen LogP contribution in [0.3, 0.4) is 0 Å². The van der Waals surface area contributed by atoms with Gasteiger partial charge in [0.25, 0.3) is 0 Å². The lowest BCUT2D eigenvalue weighted by atomic mass is 9.93. The average molecular weight is 633 g/mol. The number of aliphatic imine (C=N–C) groups is 1. The van der Waals surface area contributed by atoms with Crippen LogP contribution < -0.4 is 4.90 Å². The van der Waals surface area contributed by atoms with Gasteiger partial charge in [-0.25, -0.2) is 13.8 Å². The molecule has 3 atom stereocenters. The third kappa shape index (κ3) is 5.48. The molecule has 0 spiro atoms. The molecule has 238 valence electrons. The van der Waals surface area contributed by atoms with E-state index in [1.807, 2.05) is 11.8 Å². The van der Waals surface area contributed by atoms with Crippen LogP contribution in [0.1, 0.15) is 37.8 Å². The van der Waals surface area contributed by atoms with Gasteiger partial charge in [-0.15, -0.1) is 11.8 Å². The molecule has 2 aromatic carbocycles. The molecule has 4 aliphatic heterocycles. The van der Waals surface area contributed by atoms with E-state index in [0.29, 0.717) is 24.5 Å². The fourth-order valence-corrected chi connectivity index (χ4v) is 9.20. The number of hydrogen-bond acceptors (Lipinski definition) is 7. The Morgan fingerprint density at radius 1 is 1.07 bits per heavy atom. The molecule has 0 bridgehead atoms. The maximum atomic E-state index is 15.4. The predicted octanol–water partition coefficient (Wildman–Crippen LogP) is 5.34. The molecule has 0 radical (unpaired) electrons. The van der Waals surface area contributed by atoms with Crippen LogP contribution in [0.4, 0.5) is 14.5 Å². The lowest BCUT2D eigenvalue weighted by Gasteiger charge is -2.49. The minimum absolute atomic E-state index is 0.0332. The molecule has 2 aromatic rings. The summed E-state index contributed by atoms with van der Waals surface area (Å²) < 4.78 is 29.3. The predicted molar refractivity (Wildman–Crippen MR) is 178 cm³/mol. The highest BCUT2D eigenvalue weighted by Gasteiger charge is 2.42. The van der Waals surface area contributed by atoms with E-state index in [0.717, 1.165) is 83.7 Å². The molecule has 3 fully saturated rings. The Bertz CT molecular complexity index is 1570. The highest BCUT2D eigenvalue weighted by atomic mass is 32.2. The van der Waals surface area contributed by atoms with E-state index in [-0.39, 0.29) is 24.0 Å². The van der Waals surface area contributed by atoms with Crippen LogP contribution in [-0.2, 0) is 4.79 Å². The number of benzene rings is 2. The Morgan fingerprint density at radius 2 is 1.78 bits per heavy atom. The fraction of sp³-hybridized carbons (Fsp3) is 0.486. The Hall–Kier alpha value is -3.21. The van der Waals surface area contributed by atoms with E-state index in [2.05, 4.69) is 52.7 Å². The summed E-state index contributed by atoms with van der Waals surface area (Å²) >= 11 is 1.76. The summed E-state index contributed by atoms with van der Waals surface area (Å²) in [5.41, 5.74) is 4.13. The van der Waals surface area contributed by atoms with Gasteiger partial charge in [0.1, 0.15) is 23.3 Å². The maximum Gasteiger partial charge on any atom is 0.246 e. The van der Waals surface area contributed by atoms with E-state index in [9.17, 15) is 9.18 Å². The first-order valence-corrected chi connectivity index (χ1v) is 17.1. The summed E-state index contributed by atoms with van der Waals surface area (Å²) in [5.74, 6) is 1.12. The molecule has 4 heterocycles. The number of nitrogens with zero attached hydrogens (tertiary/aromatic N) is 6. The van der Waals surface area contributed by atoms with Gasteiger partial charge < -0.3 is 14.7 Å². The zero-order valence-corrected chi connectivity index (χ0v) is 27.3. The number of anilines is 1. The number of halogens is 2. The Morgan fingerprint density at radius 3 is 2.42 bits per heavy atom. The third-order valence-electron chi connectivity index (χ3n) is 10.0. The highest BCUT2D eigenvalue weighted by molar-refractivity contribution is 7.99. The largest absolute Gasteiger partial charge is 0.352 e. The van der Waals surface area contributed by atoms with Crippen LogP contribution >= 0.6 is 11.8 Å². The normalized spacial score (nSPS) is 25.7. The molecule has 1 amide bonds. The first kappa shape index (κ1) is 30.4. The van der Waals surface area contributed by atoms with Crippen molar-refractivity contribution < 1.29 is 13.6 Å². The van der Waals surface area contributed by atoms with Gasteiger partial charge in [-0.3, -0.25) is 14.6 Å². The zero-order chi connectivity index (χ0) is 31.6. The van der Waals surface area contributed by atoms with Crippen LogP contribution in [0, 0.1) is 18.6 Å². The first-order valence-electron chi connectivity index (χ1n) is 16.1. The van der Waals surface area contributed by atoms with E-state index >= 15 is 4.39 Å². The number of rotatable bonds is 5. The van der Waals surface area contributed by atoms with Crippen LogP contribution in [-0.4, -0.2) is 107 Å². The molecule has 0 aromatic heterocycles. The van der Waals surface area contributed by atoms with Crippen LogP contribution in [0.25, 0.3) is 11.1 Å². The number of amides is 1. The molecular formula is C35H42F2N6OS. The molecule has 0 unspecified atom stereocenters. The second-order valence-electron chi connectivity index (χ2n) is 13.2. The van der Waals surface area contributed by atoms with E-state index in [4.69, 9.17) is 4.99 Å². The number of hydrogen-bond donors (Lipinski definition) is 0. The van der Waals surface area contributed by atoms with Crippen molar-refractivity contribution in [2.75, 3.05) is 56.5 Å². The summed E-state index contributed by atoms with van der Waals surface area (Å²) in [5, 5.41) is 0. The summed E-state index contributed by atoms with van der Waals surface area (Å²) in [6.45, 7) is 20.8. The SMILES string of the molecule is C=CC(=O)N1[C@H](C)CN(C2=NC(=C)N3c4c2cc(C)c(-c2ccc(F)cc2F)c4SC[C@@H]3CN2CCN(C3CC3)CC2)C[C@@H]1C. The lowest BCUT2D eigenvalue weighted by molar-refractivity contribution is -0.132. The third-order valence-corrected chi connectivity index (χ3v) is 11.3. The van der Waals surface area contributed by atoms with Crippen molar-refractivity contribution in [3.05, 3.63) is 72.1 Å². The van der Waals surface area contributed by atoms with Crippen molar-refractivity contribution in [1.29, 1.82) is 0 Å². The van der Waals surface area contributed by atoms with Gasteiger partial charge in [0.2, 0.25) is 5.91 Å². The molecule has 45 heavy (non-hydrogen) atoms. The molecule has 1 aliphatic carbocycles. The number of amidine groups is 1. The van der Waals surface area contributed by atoms with Crippen molar-refractivity contribution in [1.82, 2.24) is 19.6 Å². The minimum Gasteiger partial charge on any atom is -0.352 e. The van der Waals surface area contributed by atoms with E-state index in [1.54, 1.807) is 17.8 Å². The maximum absolute atomic E-state index is 15.4. The van der Waals surface area contributed by atoms with E-state index in [1.165, 1.54) is 25.0 Å². The quantitative estimate of drug-likeness (QED) is 0.415. The van der Waals surface area contributed by atoms with Crippen molar-refractivity contribution in [2.24, 2.45) is 4.99 Å². The summed E-state index contributed by atoms with van der Waals surface area (Å²) in [6.07, 6.45) is 4.05. The minimum atomic E-state index is -0.586. The molecule has 7 nitrogen and oxygen atoms in total. The number of piperazine rings is 2. The van der Waals surface area contributed by atoms with Gasteiger partial charge >= 0.3 is 0 Å². The first-order chi connectivity index (χ1) is 21.6. The molecular weight excluding hydrogens is 590 g/mol. The van der Waals surface area contributed by atoms with Crippen molar-refractivity contribution in [3.8, 4) is 11.1 Å². The number of carbonyl (C=O) groups excluding carboxylic acids is 1. The molecule has 2 saturated heterocycles. The number of carbonyl (C=O) groups is 1. The highest BCUT2D eigenvalue weighted by Crippen LogP contribution is 2.51. The topological polar surface area (TPSA) is 45.6 Å². The second kappa shape index (κ2) is 11.9. The fourth-order valence-electron chi connectivity index (χ4n) is 7.83. The Labute approximate surface area is 269 Å². The van der Waals surface area contributed by atoms with Crippen LogP contribution in [0.15, 0.2) is 59.2 Å². The second-order valence-corrected chi connectivity index (χ2v) is 14.3. The summed E-state index contributed by atoms with van der Waals surface area (Å²) in [7, 11) is 0. The van der Waals surface area contributed by atoms with Gasteiger partial charge in [-0.2, -0.15) is 0 Å². The molecule has 7 rings (SSSR count). The van der Waals surface area contributed by atoms with Crippen molar-refractivity contribution in [2.45, 2.75) is 62.7 Å². The van der Waals surface area contributed by atoms with Crippen LogP contribution in [0.2, 0.25) is 0 Å². The van der Waals surface area contributed by atoms with Gasteiger partial charge in [0, 0.05) is 97.3 Å². The Balaban J connectivity index is 1.27. The van der Waals surface area contributed by atoms with Gasteiger partial charge in [0.05, 0.1) is 11.7 Å². The number of thioether (sulfide) groups is 1. The van der Waals surface area contributed by atoms with Crippen molar-refractivity contribution >= 4 is 29.2 Å². The smallest absolute Gasteiger partial charge is 0.246 e. The number of aryl methyl sites for hydroxylation is 1. The van der Waals surface area contributed by atoms with Crippen molar-refractivity contribution in [3.63, 3.8) is 0 Å². The van der Waals surface area contributed by atoms with Gasteiger partial charge in [0.15, 0.2) is 0 Å². The molecule has 0 N–H and O–H groups in total. The zero-order valence-electron chi connectivity index (χ0n) is 26.4. The van der Waals surface area contributed by atoms with Gasteiger partial charge in [-0.1, -0.05) is 13.2 Å². The van der Waals surface area contributed by atoms with E-state index < -0.39 is 11.6 Å². The average Bonchev–Trinajstić information content (AvgIpc) is 3.85. The summed E-state index contributed by atoms with van der Waals surface area (Å²) in [6, 6.07) is 6.84. The monoisotopic (exact) mass is 632 g/mol. The van der Waals surface area contributed by atoms with Gasteiger partial charge in [-0.05, 0) is 63.5 Å². The summed E-state index contributed by atoms with van der Waals surface area (Å²) in [4.78, 5) is 30.5.